The van der Waals surface area contributed by atoms with Gasteiger partial charge in [-0.15, -0.1) is 0 Å². The highest BCUT2D eigenvalue weighted by Crippen LogP contribution is 2.20. The summed E-state index contributed by atoms with van der Waals surface area (Å²) in [5.74, 6) is 1.41. The van der Waals surface area contributed by atoms with Crippen LogP contribution in [0.3, 0.4) is 0 Å². The maximum absolute atomic E-state index is 11.7. The SMILES string of the molecule is C=CC(=O)N1CCC(Nc2nc(Nc3ccccc3)ncc2C)CC1. The van der Waals surface area contributed by atoms with Gasteiger partial charge < -0.3 is 15.5 Å². The number of nitrogens with one attached hydrogen (secondary N) is 2. The molecule has 2 N–H and O–H groups in total. The van der Waals surface area contributed by atoms with Crippen molar-refractivity contribution in [3.05, 3.63) is 54.7 Å². The van der Waals surface area contributed by atoms with Crippen molar-refractivity contribution in [3.8, 4) is 0 Å². The number of amides is 1. The van der Waals surface area contributed by atoms with E-state index in [1.807, 2.05) is 48.4 Å². The summed E-state index contributed by atoms with van der Waals surface area (Å²) in [5, 5.41) is 6.71. The Morgan fingerprint density at radius 2 is 2.00 bits per heavy atom. The maximum atomic E-state index is 11.7. The van der Waals surface area contributed by atoms with Crippen molar-refractivity contribution in [2.24, 2.45) is 0 Å². The molecule has 0 unspecified atom stereocenters. The molecule has 1 aliphatic rings. The molecular weight excluding hydrogens is 314 g/mol. The van der Waals surface area contributed by atoms with Gasteiger partial charge in [0.15, 0.2) is 0 Å². The first-order valence-corrected chi connectivity index (χ1v) is 8.49. The molecule has 0 saturated carbocycles. The average molecular weight is 337 g/mol. The second kappa shape index (κ2) is 7.79. The first kappa shape index (κ1) is 17.0. The van der Waals surface area contributed by atoms with Crippen molar-refractivity contribution in [3.63, 3.8) is 0 Å². The Hall–Kier alpha value is -2.89. The van der Waals surface area contributed by atoms with Crippen LogP contribution in [0.2, 0.25) is 0 Å². The predicted molar refractivity (Wildman–Crippen MR) is 99.9 cm³/mol. The number of anilines is 3. The first-order valence-electron chi connectivity index (χ1n) is 8.49. The van der Waals surface area contributed by atoms with Gasteiger partial charge in [-0.25, -0.2) is 4.98 Å². The number of nitrogens with zero attached hydrogens (tertiary/aromatic N) is 3. The van der Waals surface area contributed by atoms with Gasteiger partial charge in [0.1, 0.15) is 5.82 Å². The van der Waals surface area contributed by atoms with Crippen LogP contribution in [-0.4, -0.2) is 39.9 Å². The molecule has 0 spiro atoms. The van der Waals surface area contributed by atoms with E-state index in [0.29, 0.717) is 12.0 Å². The fourth-order valence-electron chi connectivity index (χ4n) is 2.87. The molecule has 1 fully saturated rings. The van der Waals surface area contributed by atoms with Crippen LogP contribution in [0.4, 0.5) is 17.5 Å². The summed E-state index contributed by atoms with van der Waals surface area (Å²) in [6.07, 6.45) is 4.98. The molecule has 25 heavy (non-hydrogen) atoms. The van der Waals surface area contributed by atoms with Crippen LogP contribution in [0.15, 0.2) is 49.2 Å². The Morgan fingerprint density at radius 3 is 2.68 bits per heavy atom. The minimum absolute atomic E-state index is 0.00557. The van der Waals surface area contributed by atoms with Gasteiger partial charge in [-0.2, -0.15) is 4.98 Å². The Kier molecular flexibility index (Phi) is 5.28. The van der Waals surface area contributed by atoms with Crippen molar-refractivity contribution in [2.45, 2.75) is 25.8 Å². The van der Waals surface area contributed by atoms with E-state index in [1.165, 1.54) is 6.08 Å². The highest BCUT2D eigenvalue weighted by molar-refractivity contribution is 5.87. The smallest absolute Gasteiger partial charge is 0.245 e. The third-order valence-corrected chi connectivity index (χ3v) is 4.32. The molecule has 6 heteroatoms. The van der Waals surface area contributed by atoms with Crippen LogP contribution >= 0.6 is 0 Å². The van der Waals surface area contributed by atoms with Gasteiger partial charge in [-0.1, -0.05) is 24.8 Å². The molecule has 0 aliphatic carbocycles. The van der Waals surface area contributed by atoms with E-state index in [0.717, 1.165) is 43.0 Å². The quantitative estimate of drug-likeness (QED) is 0.821. The van der Waals surface area contributed by atoms with Crippen LogP contribution in [0.25, 0.3) is 0 Å². The third-order valence-electron chi connectivity index (χ3n) is 4.32. The van der Waals surface area contributed by atoms with Crippen molar-refractivity contribution < 1.29 is 4.79 Å². The van der Waals surface area contributed by atoms with Gasteiger partial charge in [0, 0.05) is 36.6 Å². The van der Waals surface area contributed by atoms with E-state index in [4.69, 9.17) is 0 Å². The minimum Gasteiger partial charge on any atom is -0.367 e. The topological polar surface area (TPSA) is 70.2 Å². The average Bonchev–Trinajstić information content (AvgIpc) is 2.65. The zero-order valence-electron chi connectivity index (χ0n) is 14.4. The molecule has 1 aromatic carbocycles. The minimum atomic E-state index is 0.00557. The molecule has 2 aromatic rings. The van der Waals surface area contributed by atoms with Crippen molar-refractivity contribution in [2.75, 3.05) is 23.7 Å². The summed E-state index contributed by atoms with van der Waals surface area (Å²) < 4.78 is 0. The van der Waals surface area contributed by atoms with Crippen molar-refractivity contribution >= 4 is 23.4 Å². The maximum Gasteiger partial charge on any atom is 0.245 e. The van der Waals surface area contributed by atoms with Crippen LogP contribution in [0, 0.1) is 6.92 Å². The van der Waals surface area contributed by atoms with Crippen molar-refractivity contribution in [1.82, 2.24) is 14.9 Å². The van der Waals surface area contributed by atoms with Gasteiger partial charge in [-0.05, 0) is 38.0 Å². The Balaban J connectivity index is 1.63. The summed E-state index contributed by atoms with van der Waals surface area (Å²) in [6, 6.07) is 10.2. The monoisotopic (exact) mass is 337 g/mol. The fourth-order valence-corrected chi connectivity index (χ4v) is 2.87. The lowest BCUT2D eigenvalue weighted by molar-refractivity contribution is -0.126. The summed E-state index contributed by atoms with van der Waals surface area (Å²) in [7, 11) is 0. The van der Waals surface area contributed by atoms with Crippen LogP contribution in [-0.2, 0) is 4.79 Å². The summed E-state index contributed by atoms with van der Waals surface area (Å²) in [6.45, 7) is 7.01. The molecular formula is C19H23N5O. The summed E-state index contributed by atoms with van der Waals surface area (Å²) in [5.41, 5.74) is 1.96. The number of carbonyl (C=O) groups excluding carboxylic acids is 1. The molecule has 1 saturated heterocycles. The van der Waals surface area contributed by atoms with Crippen LogP contribution in [0.5, 0.6) is 0 Å². The summed E-state index contributed by atoms with van der Waals surface area (Å²) in [4.78, 5) is 22.4. The number of benzene rings is 1. The molecule has 130 valence electrons. The molecule has 0 radical (unpaired) electrons. The third kappa shape index (κ3) is 4.35. The van der Waals surface area contributed by atoms with E-state index in [1.54, 1.807) is 0 Å². The molecule has 0 atom stereocenters. The second-order valence-corrected chi connectivity index (χ2v) is 6.16. The highest BCUT2D eigenvalue weighted by atomic mass is 16.2. The van der Waals surface area contributed by atoms with Crippen molar-refractivity contribution in [1.29, 1.82) is 0 Å². The largest absolute Gasteiger partial charge is 0.367 e. The molecule has 1 aromatic heterocycles. The van der Waals surface area contributed by atoms with Crippen LogP contribution in [0.1, 0.15) is 18.4 Å². The molecule has 1 amide bonds. The Bertz CT molecular complexity index is 739. The Labute approximate surface area is 148 Å². The first-order chi connectivity index (χ1) is 12.2. The number of rotatable bonds is 5. The second-order valence-electron chi connectivity index (χ2n) is 6.16. The number of piperidine rings is 1. The van der Waals surface area contributed by atoms with Crippen LogP contribution < -0.4 is 10.6 Å². The molecule has 6 nitrogen and oxygen atoms in total. The number of aromatic nitrogens is 2. The number of hydrogen-bond donors (Lipinski definition) is 2. The lowest BCUT2D eigenvalue weighted by Gasteiger charge is -2.32. The predicted octanol–water partition coefficient (Wildman–Crippen LogP) is 3.12. The van der Waals surface area contributed by atoms with Gasteiger partial charge in [-0.3, -0.25) is 4.79 Å². The standard InChI is InChI=1S/C19H23N5O/c1-3-17(25)24-11-9-16(10-12-24)21-18-14(2)13-20-19(23-18)22-15-7-5-4-6-8-15/h3-8,13,16H,1,9-12H2,2H3,(H2,20,21,22,23). The zero-order valence-corrected chi connectivity index (χ0v) is 14.4. The summed E-state index contributed by atoms with van der Waals surface area (Å²) >= 11 is 0. The van der Waals surface area contributed by atoms with E-state index in [2.05, 4.69) is 27.2 Å². The normalized spacial score (nSPS) is 14.8. The number of para-hydroxylation sites is 1. The lowest BCUT2D eigenvalue weighted by atomic mass is 10.0. The van der Waals surface area contributed by atoms with Gasteiger partial charge in [0.2, 0.25) is 11.9 Å². The van der Waals surface area contributed by atoms with E-state index in [-0.39, 0.29) is 5.91 Å². The molecule has 3 rings (SSSR count). The number of hydrogen-bond acceptors (Lipinski definition) is 5. The number of carbonyl (C=O) groups is 1. The fraction of sp³-hybridized carbons (Fsp3) is 0.316. The zero-order chi connectivity index (χ0) is 17.6. The number of aryl methyl sites for hydroxylation is 1. The van der Waals surface area contributed by atoms with E-state index in [9.17, 15) is 4.79 Å². The van der Waals surface area contributed by atoms with E-state index >= 15 is 0 Å². The van der Waals surface area contributed by atoms with Gasteiger partial charge >= 0.3 is 0 Å². The van der Waals surface area contributed by atoms with Gasteiger partial charge in [0.05, 0.1) is 0 Å². The molecule has 0 bridgehead atoms. The highest BCUT2D eigenvalue weighted by Gasteiger charge is 2.22. The molecule has 2 heterocycles. The van der Waals surface area contributed by atoms with E-state index < -0.39 is 0 Å². The molecule has 1 aliphatic heterocycles. The number of likely N-dealkylation sites (tertiary alicyclic amines) is 1. The lowest BCUT2D eigenvalue weighted by Crippen LogP contribution is -2.41. The Morgan fingerprint density at radius 1 is 1.28 bits per heavy atom. The van der Waals surface area contributed by atoms with Gasteiger partial charge in [0.25, 0.3) is 0 Å².